The molecule has 92 valence electrons. The highest BCUT2D eigenvalue weighted by Gasteiger charge is 2.20. The Hall–Kier alpha value is -0.810. The van der Waals surface area contributed by atoms with Gasteiger partial charge in [-0.3, -0.25) is 0 Å². The Balaban J connectivity index is 1.59. The average molecular weight is 228 g/mol. The summed E-state index contributed by atoms with van der Waals surface area (Å²) in [7, 11) is 0. The summed E-state index contributed by atoms with van der Waals surface area (Å²) in [5.41, 5.74) is 0. The molecule has 5 heteroatoms. The molecule has 1 amide bonds. The number of carbonyl (C=O) groups excluding carboxylic acids is 1. The Bertz CT molecular complexity index is 223. The van der Waals surface area contributed by atoms with Gasteiger partial charge >= 0.3 is 6.09 Å². The van der Waals surface area contributed by atoms with Crippen LogP contribution in [0.4, 0.5) is 4.79 Å². The fourth-order valence-corrected chi connectivity index (χ4v) is 2.12. The number of hydrogen-bond donors (Lipinski definition) is 2. The minimum Gasteiger partial charge on any atom is -0.449 e. The van der Waals surface area contributed by atoms with Gasteiger partial charge in [0.1, 0.15) is 0 Å². The van der Waals surface area contributed by atoms with Crippen LogP contribution < -0.4 is 10.6 Å². The molecule has 2 rings (SSSR count). The Labute approximate surface area is 95.9 Å². The van der Waals surface area contributed by atoms with Gasteiger partial charge in [0, 0.05) is 19.1 Å². The second-order valence-electron chi connectivity index (χ2n) is 4.52. The van der Waals surface area contributed by atoms with Gasteiger partial charge in [-0.2, -0.15) is 0 Å². The standard InChI is InChI=1S/C11H20N2O3/c14-11(13-10-3-5-15-8-10)16-7-9-2-1-4-12-6-9/h9-10,12H,1-8H2,(H,13,14). The predicted molar refractivity (Wildman–Crippen MR) is 59.3 cm³/mol. The molecule has 0 aromatic carbocycles. The monoisotopic (exact) mass is 228 g/mol. The molecule has 0 aliphatic carbocycles. The maximum atomic E-state index is 11.4. The number of ether oxygens (including phenoxy) is 2. The number of alkyl carbamates (subject to hydrolysis) is 1. The lowest BCUT2D eigenvalue weighted by atomic mass is 10.0. The predicted octanol–water partition coefficient (Wildman–Crippen LogP) is 0.501. The largest absolute Gasteiger partial charge is 0.449 e. The molecule has 0 radical (unpaired) electrons. The summed E-state index contributed by atoms with van der Waals surface area (Å²) < 4.78 is 10.4. The second-order valence-corrected chi connectivity index (χ2v) is 4.52. The van der Waals surface area contributed by atoms with E-state index in [2.05, 4.69) is 10.6 Å². The third-order valence-corrected chi connectivity index (χ3v) is 3.10. The zero-order valence-electron chi connectivity index (χ0n) is 9.54. The lowest BCUT2D eigenvalue weighted by molar-refractivity contribution is 0.114. The number of nitrogens with one attached hydrogen (secondary N) is 2. The first-order valence-corrected chi connectivity index (χ1v) is 6.06. The quantitative estimate of drug-likeness (QED) is 0.738. The first-order chi connectivity index (χ1) is 7.84. The van der Waals surface area contributed by atoms with Crippen molar-refractivity contribution < 1.29 is 14.3 Å². The van der Waals surface area contributed by atoms with Gasteiger partial charge in [-0.05, 0) is 25.8 Å². The number of rotatable bonds is 3. The number of amides is 1. The fraction of sp³-hybridized carbons (Fsp3) is 0.909. The maximum absolute atomic E-state index is 11.4. The minimum absolute atomic E-state index is 0.136. The van der Waals surface area contributed by atoms with Crippen molar-refractivity contribution in [2.45, 2.75) is 25.3 Å². The molecular formula is C11H20N2O3. The van der Waals surface area contributed by atoms with Crippen LogP contribution in [0.2, 0.25) is 0 Å². The molecule has 0 aromatic heterocycles. The van der Waals surface area contributed by atoms with Crippen LogP contribution in [0.1, 0.15) is 19.3 Å². The normalized spacial score (nSPS) is 30.0. The van der Waals surface area contributed by atoms with Crippen LogP contribution in [0.15, 0.2) is 0 Å². The van der Waals surface area contributed by atoms with E-state index in [-0.39, 0.29) is 12.1 Å². The van der Waals surface area contributed by atoms with Crippen LogP contribution in [0.25, 0.3) is 0 Å². The van der Waals surface area contributed by atoms with Crippen molar-refractivity contribution >= 4 is 6.09 Å². The fourth-order valence-electron chi connectivity index (χ4n) is 2.12. The Morgan fingerprint density at radius 2 is 2.44 bits per heavy atom. The topological polar surface area (TPSA) is 59.6 Å². The summed E-state index contributed by atoms with van der Waals surface area (Å²) in [4.78, 5) is 11.4. The van der Waals surface area contributed by atoms with Gasteiger partial charge in [0.05, 0.1) is 19.3 Å². The number of hydrogen-bond acceptors (Lipinski definition) is 4. The SMILES string of the molecule is O=C(NC1CCOC1)OCC1CCCNC1. The molecule has 0 aromatic rings. The third kappa shape index (κ3) is 3.64. The van der Waals surface area contributed by atoms with Crippen LogP contribution in [0, 0.1) is 5.92 Å². The van der Waals surface area contributed by atoms with E-state index in [4.69, 9.17) is 9.47 Å². The highest BCUT2D eigenvalue weighted by atomic mass is 16.5. The summed E-state index contributed by atoms with van der Waals surface area (Å²) in [5, 5.41) is 6.11. The zero-order valence-corrected chi connectivity index (χ0v) is 9.54. The summed E-state index contributed by atoms with van der Waals surface area (Å²) in [6.07, 6.45) is 2.90. The molecule has 0 spiro atoms. The van der Waals surface area contributed by atoms with Gasteiger partial charge < -0.3 is 20.1 Å². The molecule has 2 saturated heterocycles. The van der Waals surface area contributed by atoms with E-state index in [1.807, 2.05) is 0 Å². The van der Waals surface area contributed by atoms with Gasteiger partial charge in [-0.1, -0.05) is 0 Å². The molecule has 2 N–H and O–H groups in total. The van der Waals surface area contributed by atoms with Crippen molar-refractivity contribution in [3.05, 3.63) is 0 Å². The Morgan fingerprint density at radius 3 is 3.12 bits per heavy atom. The molecule has 2 unspecified atom stereocenters. The summed E-state index contributed by atoms with van der Waals surface area (Å²) in [6.45, 7) is 3.91. The Kier molecular flexibility index (Phi) is 4.42. The molecular weight excluding hydrogens is 208 g/mol. The van der Waals surface area contributed by atoms with E-state index in [0.29, 0.717) is 19.1 Å². The Morgan fingerprint density at radius 1 is 1.50 bits per heavy atom. The van der Waals surface area contributed by atoms with Gasteiger partial charge in [0.25, 0.3) is 0 Å². The molecule has 2 fully saturated rings. The van der Waals surface area contributed by atoms with Crippen LogP contribution in [-0.2, 0) is 9.47 Å². The highest BCUT2D eigenvalue weighted by Crippen LogP contribution is 2.10. The van der Waals surface area contributed by atoms with Crippen molar-refractivity contribution in [2.75, 3.05) is 32.9 Å². The van der Waals surface area contributed by atoms with E-state index in [1.54, 1.807) is 0 Å². The lowest BCUT2D eigenvalue weighted by Gasteiger charge is -2.22. The first kappa shape index (κ1) is 11.7. The van der Waals surface area contributed by atoms with Crippen molar-refractivity contribution in [3.63, 3.8) is 0 Å². The second kappa shape index (κ2) is 6.06. The first-order valence-electron chi connectivity index (χ1n) is 6.06. The van der Waals surface area contributed by atoms with Crippen molar-refractivity contribution in [3.8, 4) is 0 Å². The highest BCUT2D eigenvalue weighted by molar-refractivity contribution is 5.67. The van der Waals surface area contributed by atoms with Crippen LogP contribution >= 0.6 is 0 Å². The zero-order chi connectivity index (χ0) is 11.2. The average Bonchev–Trinajstić information content (AvgIpc) is 2.81. The third-order valence-electron chi connectivity index (χ3n) is 3.10. The molecule has 2 atom stereocenters. The van der Waals surface area contributed by atoms with E-state index in [9.17, 15) is 4.79 Å². The van der Waals surface area contributed by atoms with E-state index >= 15 is 0 Å². The number of carbonyl (C=O) groups is 1. The minimum atomic E-state index is -0.305. The molecule has 5 nitrogen and oxygen atoms in total. The molecule has 0 saturated carbocycles. The molecule has 0 bridgehead atoms. The van der Waals surface area contributed by atoms with E-state index < -0.39 is 0 Å². The molecule has 16 heavy (non-hydrogen) atoms. The van der Waals surface area contributed by atoms with Gasteiger partial charge in [-0.15, -0.1) is 0 Å². The molecule has 2 aliphatic heterocycles. The van der Waals surface area contributed by atoms with Gasteiger partial charge in [0.15, 0.2) is 0 Å². The van der Waals surface area contributed by atoms with Crippen LogP contribution in [0.3, 0.4) is 0 Å². The molecule has 2 aliphatic rings. The summed E-state index contributed by atoms with van der Waals surface area (Å²) in [6, 6.07) is 0.136. The van der Waals surface area contributed by atoms with Crippen molar-refractivity contribution in [2.24, 2.45) is 5.92 Å². The summed E-state index contributed by atoms with van der Waals surface area (Å²) >= 11 is 0. The van der Waals surface area contributed by atoms with E-state index in [1.165, 1.54) is 6.42 Å². The van der Waals surface area contributed by atoms with E-state index in [0.717, 1.165) is 32.5 Å². The van der Waals surface area contributed by atoms with Crippen molar-refractivity contribution in [1.29, 1.82) is 0 Å². The van der Waals surface area contributed by atoms with Crippen LogP contribution in [0.5, 0.6) is 0 Å². The van der Waals surface area contributed by atoms with Gasteiger partial charge in [0.2, 0.25) is 0 Å². The summed E-state index contributed by atoms with van der Waals surface area (Å²) in [5.74, 6) is 0.472. The maximum Gasteiger partial charge on any atom is 0.407 e. The van der Waals surface area contributed by atoms with Crippen molar-refractivity contribution in [1.82, 2.24) is 10.6 Å². The smallest absolute Gasteiger partial charge is 0.407 e. The van der Waals surface area contributed by atoms with Gasteiger partial charge in [-0.25, -0.2) is 4.79 Å². The van der Waals surface area contributed by atoms with Crippen LogP contribution in [-0.4, -0.2) is 45.0 Å². The number of piperidine rings is 1. The molecule has 2 heterocycles. The lowest BCUT2D eigenvalue weighted by Crippen LogP contribution is -2.38.